The van der Waals surface area contributed by atoms with E-state index in [1.807, 2.05) is 0 Å². The van der Waals surface area contributed by atoms with Crippen LogP contribution >= 0.6 is 12.6 Å². The molecule has 0 rings (SSSR count). The Morgan fingerprint density at radius 1 is 0.917 bits per heavy atom. The maximum absolute atomic E-state index is 9.29. The summed E-state index contributed by atoms with van der Waals surface area (Å²) in [4.78, 5) is 14.7. The number of hydrogen-bond acceptors (Lipinski definition) is 2. The summed E-state index contributed by atoms with van der Waals surface area (Å²) in [6, 6.07) is 0. The predicted octanol–water partition coefficient (Wildman–Crippen LogP) is 7.13. The van der Waals surface area contributed by atoms with Crippen LogP contribution in [0.1, 0.15) is 79.1 Å². The molecule has 0 spiro atoms. The van der Waals surface area contributed by atoms with Crippen molar-refractivity contribution in [2.24, 2.45) is 11.8 Å². The Balaban J connectivity index is 0. The molecule has 0 amide bonds. The van der Waals surface area contributed by atoms with Crippen molar-refractivity contribution in [3.8, 4) is 0 Å². The molecule has 2 atom stereocenters. The Labute approximate surface area is 161 Å². The van der Waals surface area contributed by atoms with Gasteiger partial charge in [0.1, 0.15) is 0 Å². The molecular weight excluding hydrogens is 423 g/mol. The zero-order chi connectivity index (χ0) is 19.0. The topological polar surface area (TPSA) is 37.3 Å². The molecule has 146 valence electrons. The zero-order valence-electron chi connectivity index (χ0n) is 17.2. The van der Waals surface area contributed by atoms with E-state index in [9.17, 15) is 4.79 Å². The Kier molecular flexibility index (Phi) is 19.1. The minimum absolute atomic E-state index is 0.0833. The monoisotopic (exact) mass is 468 g/mol. The summed E-state index contributed by atoms with van der Waals surface area (Å²) >= 11 is 1.67. The van der Waals surface area contributed by atoms with Gasteiger partial charge in [0.05, 0.1) is 5.75 Å². The molecule has 1 N–H and O–H groups in total. The van der Waals surface area contributed by atoms with Gasteiger partial charge in [-0.05, 0) is 0 Å². The van der Waals surface area contributed by atoms with Gasteiger partial charge in [0, 0.05) is 0 Å². The number of rotatable bonds is 13. The molecule has 0 saturated heterocycles. The van der Waals surface area contributed by atoms with E-state index in [2.05, 4.69) is 50.2 Å². The fourth-order valence-corrected chi connectivity index (χ4v) is 15.7. The first-order valence-corrected chi connectivity index (χ1v) is 20.5. The molecule has 0 fully saturated rings. The maximum Gasteiger partial charge on any atom is 0.313 e. The predicted molar refractivity (Wildman–Crippen MR) is 115 cm³/mol. The molecule has 0 aliphatic heterocycles. The van der Waals surface area contributed by atoms with Gasteiger partial charge in [-0.3, -0.25) is 4.79 Å². The molecule has 0 aliphatic carbocycles. The molecule has 2 nitrogen and oxygen atoms in total. The van der Waals surface area contributed by atoms with E-state index in [4.69, 9.17) is 5.11 Å². The summed E-state index contributed by atoms with van der Waals surface area (Å²) in [5.41, 5.74) is 0. The summed E-state index contributed by atoms with van der Waals surface area (Å²) < 4.78 is 3.29. The third kappa shape index (κ3) is 17.4. The molecular formula is C20H44O2SSn. The van der Waals surface area contributed by atoms with Crippen molar-refractivity contribution in [2.75, 3.05) is 5.75 Å². The average molecular weight is 467 g/mol. The molecule has 0 aromatic carbocycles. The van der Waals surface area contributed by atoms with Crippen molar-refractivity contribution in [3.63, 3.8) is 0 Å². The second kappa shape index (κ2) is 17.1. The van der Waals surface area contributed by atoms with Gasteiger partial charge in [0.15, 0.2) is 0 Å². The van der Waals surface area contributed by atoms with Gasteiger partial charge in [-0.1, -0.05) is 0 Å². The van der Waals surface area contributed by atoms with Crippen molar-refractivity contribution in [3.05, 3.63) is 0 Å². The minimum Gasteiger partial charge on any atom is -0.481 e. The molecule has 24 heavy (non-hydrogen) atoms. The van der Waals surface area contributed by atoms with Crippen molar-refractivity contribution in [2.45, 2.75) is 97.8 Å². The van der Waals surface area contributed by atoms with Gasteiger partial charge in [-0.15, -0.1) is 0 Å². The standard InChI is InChI=1S/2C8H17.C2H4O2S.2CH3.Sn/c2*1-4-6-7-8(3)5-2;3-2(4)1-5;;;/h2*8H,3-7H2,1-2H3;5H,1H2,(H,3,4);2*1H3;. The summed E-state index contributed by atoms with van der Waals surface area (Å²) in [5, 5.41) is 7.65. The molecule has 0 radical (unpaired) electrons. The minimum atomic E-state index is -1.75. The average Bonchev–Trinajstić information content (AvgIpc) is 2.55. The summed E-state index contributed by atoms with van der Waals surface area (Å²) in [7, 11) is 0. The van der Waals surface area contributed by atoms with Crippen LogP contribution in [0.3, 0.4) is 0 Å². The molecule has 0 bridgehead atoms. The number of aliphatic carboxylic acids is 1. The first-order valence-electron chi connectivity index (χ1n) is 10.1. The zero-order valence-corrected chi connectivity index (χ0v) is 21.0. The largest absolute Gasteiger partial charge is 0.481 e. The number of hydrogen-bond donors (Lipinski definition) is 2. The van der Waals surface area contributed by atoms with Crippen LogP contribution in [-0.4, -0.2) is 35.2 Å². The van der Waals surface area contributed by atoms with Crippen LogP contribution in [-0.2, 0) is 4.79 Å². The van der Waals surface area contributed by atoms with E-state index in [1.54, 1.807) is 8.87 Å². The van der Waals surface area contributed by atoms with E-state index in [-0.39, 0.29) is 5.75 Å². The van der Waals surface area contributed by atoms with Crippen LogP contribution < -0.4 is 0 Å². The van der Waals surface area contributed by atoms with Crippen molar-refractivity contribution in [1.29, 1.82) is 0 Å². The van der Waals surface area contributed by atoms with Crippen molar-refractivity contribution >= 4 is 37.0 Å². The Hall–Kier alpha value is 0.619. The summed E-state index contributed by atoms with van der Waals surface area (Å²) in [6.45, 7) is 9.49. The molecule has 0 aromatic rings. The van der Waals surface area contributed by atoms with Crippen LogP contribution in [0, 0.1) is 11.8 Å². The fraction of sp³-hybridized carbons (Fsp3) is 0.950. The first kappa shape index (κ1) is 26.8. The van der Waals surface area contributed by atoms with Crippen LogP contribution in [0.25, 0.3) is 0 Å². The molecule has 0 heterocycles. The second-order valence-corrected chi connectivity index (χ2v) is 23.0. The summed E-state index contributed by atoms with van der Waals surface area (Å²) in [5.74, 6) is 1.14. The normalized spacial score (nSPS) is 13.8. The first-order chi connectivity index (χ1) is 11.3. The van der Waals surface area contributed by atoms with E-state index in [0.717, 1.165) is 11.8 Å². The SMILES string of the molecule is CCCCC(CC)[CH2][Sn]([CH3])([CH3])[CH2]C(CC)CCCC.O=C(O)CS. The molecule has 4 heteroatoms. The van der Waals surface area contributed by atoms with Gasteiger partial charge >= 0.3 is 134 Å². The van der Waals surface area contributed by atoms with Gasteiger partial charge in [-0.25, -0.2) is 0 Å². The van der Waals surface area contributed by atoms with E-state index < -0.39 is 24.3 Å². The quantitative estimate of drug-likeness (QED) is 0.223. The van der Waals surface area contributed by atoms with Gasteiger partial charge in [0.2, 0.25) is 0 Å². The molecule has 0 saturated carbocycles. The van der Waals surface area contributed by atoms with Crippen LogP contribution in [0.2, 0.25) is 18.8 Å². The van der Waals surface area contributed by atoms with Gasteiger partial charge in [0.25, 0.3) is 0 Å². The third-order valence-electron chi connectivity index (χ3n) is 4.90. The Morgan fingerprint density at radius 3 is 1.46 bits per heavy atom. The number of thiol groups is 1. The fourth-order valence-electron chi connectivity index (χ4n) is 3.53. The van der Waals surface area contributed by atoms with Crippen LogP contribution in [0.5, 0.6) is 0 Å². The van der Waals surface area contributed by atoms with Crippen LogP contribution in [0.15, 0.2) is 0 Å². The Bertz CT molecular complexity index is 275. The van der Waals surface area contributed by atoms with Gasteiger partial charge < -0.3 is 5.11 Å². The maximum atomic E-state index is 9.29. The second-order valence-electron chi connectivity index (χ2n) is 7.96. The van der Waals surface area contributed by atoms with Gasteiger partial charge in [-0.2, -0.15) is 12.6 Å². The smallest absolute Gasteiger partial charge is 0.313 e. The molecule has 0 aromatic heterocycles. The van der Waals surface area contributed by atoms with Crippen LogP contribution in [0.4, 0.5) is 0 Å². The van der Waals surface area contributed by atoms with E-state index in [0.29, 0.717) is 0 Å². The number of carbonyl (C=O) groups is 1. The van der Waals surface area contributed by atoms with Crippen molar-refractivity contribution < 1.29 is 9.90 Å². The Morgan fingerprint density at radius 2 is 1.25 bits per heavy atom. The number of unbranched alkanes of at least 4 members (excludes halogenated alkanes) is 2. The van der Waals surface area contributed by atoms with E-state index in [1.165, 1.54) is 51.4 Å². The number of carboxylic acids is 1. The summed E-state index contributed by atoms with van der Waals surface area (Å²) in [6.07, 6.45) is 11.5. The third-order valence-corrected chi connectivity index (χ3v) is 14.8. The molecule has 0 aliphatic rings. The van der Waals surface area contributed by atoms with Crippen molar-refractivity contribution in [1.82, 2.24) is 0 Å². The van der Waals surface area contributed by atoms with E-state index >= 15 is 0 Å². The molecule has 2 unspecified atom stereocenters. The number of carboxylic acid groups (broad SMARTS) is 1.